The number of benzene rings is 1. The molecular formula is C15H19Cl4N3O. The summed E-state index contributed by atoms with van der Waals surface area (Å²) in [6.45, 7) is 1.63. The van der Waals surface area contributed by atoms with Crippen LogP contribution in [0.3, 0.4) is 0 Å². The fourth-order valence-corrected chi connectivity index (χ4v) is 2.93. The predicted octanol–water partition coefficient (Wildman–Crippen LogP) is 3.86. The fourth-order valence-electron chi connectivity index (χ4n) is 2.61. The number of imidazole rings is 1. The first-order valence-corrected chi connectivity index (χ1v) is 7.79. The standard InChI is InChI=1S/C15H17Cl2N3O.2ClH/c16-10-7-13-14(8-11(10)17)20(9-19-13)6-2-3-12-15(21)4-1-5-18-12;;/h2-3,7-9,12,15,18,21H,1,4-6H2;2*1H/b3-2+;;/t12-,15+;;/m1../s1. The van der Waals surface area contributed by atoms with E-state index in [1.54, 1.807) is 12.4 Å². The van der Waals surface area contributed by atoms with Crippen LogP contribution in [0.15, 0.2) is 30.6 Å². The van der Waals surface area contributed by atoms with Crippen LogP contribution in [0.25, 0.3) is 11.0 Å². The van der Waals surface area contributed by atoms with Gasteiger partial charge >= 0.3 is 0 Å². The highest BCUT2D eigenvalue weighted by molar-refractivity contribution is 6.42. The molecule has 1 saturated heterocycles. The molecule has 0 unspecified atom stereocenters. The van der Waals surface area contributed by atoms with Gasteiger partial charge in [0.25, 0.3) is 0 Å². The molecule has 1 aliphatic heterocycles. The number of hydrogen-bond acceptors (Lipinski definition) is 3. The van der Waals surface area contributed by atoms with Gasteiger partial charge in [-0.3, -0.25) is 0 Å². The molecular weight excluding hydrogens is 380 g/mol. The van der Waals surface area contributed by atoms with Gasteiger partial charge < -0.3 is 15.0 Å². The van der Waals surface area contributed by atoms with Gasteiger partial charge in [-0.1, -0.05) is 35.4 Å². The van der Waals surface area contributed by atoms with Crippen molar-refractivity contribution in [2.24, 2.45) is 0 Å². The minimum atomic E-state index is -0.303. The third-order valence-corrected chi connectivity index (χ3v) is 4.50. The Balaban J connectivity index is 0.00000132. The summed E-state index contributed by atoms with van der Waals surface area (Å²) in [6.07, 6.45) is 7.40. The molecule has 0 bridgehead atoms. The van der Waals surface area contributed by atoms with Gasteiger partial charge in [0.15, 0.2) is 0 Å². The quantitative estimate of drug-likeness (QED) is 0.771. The smallest absolute Gasteiger partial charge is 0.0961 e. The van der Waals surface area contributed by atoms with Crippen LogP contribution in [0.5, 0.6) is 0 Å². The largest absolute Gasteiger partial charge is 0.391 e. The molecule has 1 aromatic carbocycles. The van der Waals surface area contributed by atoms with E-state index in [0.717, 1.165) is 30.4 Å². The first kappa shape index (κ1) is 20.6. The van der Waals surface area contributed by atoms with Gasteiger partial charge in [0, 0.05) is 6.54 Å². The maximum absolute atomic E-state index is 9.90. The molecule has 0 saturated carbocycles. The predicted molar refractivity (Wildman–Crippen MR) is 100 cm³/mol. The molecule has 0 radical (unpaired) electrons. The topological polar surface area (TPSA) is 50.1 Å². The van der Waals surface area contributed by atoms with Crippen molar-refractivity contribution < 1.29 is 5.11 Å². The molecule has 0 aliphatic carbocycles. The molecule has 8 heteroatoms. The Morgan fingerprint density at radius 1 is 1.30 bits per heavy atom. The Kier molecular flexibility index (Phi) is 8.14. The zero-order valence-corrected chi connectivity index (χ0v) is 15.4. The third-order valence-electron chi connectivity index (χ3n) is 3.78. The zero-order chi connectivity index (χ0) is 14.8. The minimum absolute atomic E-state index is 0. The second-order valence-corrected chi connectivity index (χ2v) is 6.08. The maximum atomic E-state index is 9.90. The molecule has 0 spiro atoms. The lowest BCUT2D eigenvalue weighted by Crippen LogP contribution is -2.43. The van der Waals surface area contributed by atoms with Crippen molar-refractivity contribution >= 4 is 59.0 Å². The van der Waals surface area contributed by atoms with Gasteiger partial charge in [0.2, 0.25) is 0 Å². The molecule has 0 amide bonds. The highest BCUT2D eigenvalue weighted by atomic mass is 35.5. The highest BCUT2D eigenvalue weighted by Crippen LogP contribution is 2.27. The molecule has 2 aromatic rings. The second kappa shape index (κ2) is 9.11. The zero-order valence-electron chi connectivity index (χ0n) is 12.3. The maximum Gasteiger partial charge on any atom is 0.0961 e. The van der Waals surface area contributed by atoms with E-state index in [0.29, 0.717) is 16.6 Å². The Morgan fingerprint density at radius 2 is 2.04 bits per heavy atom. The number of nitrogens with one attached hydrogen (secondary N) is 1. The second-order valence-electron chi connectivity index (χ2n) is 5.27. The summed E-state index contributed by atoms with van der Waals surface area (Å²) in [7, 11) is 0. The molecule has 1 fully saturated rings. The van der Waals surface area contributed by atoms with Gasteiger partial charge in [-0.15, -0.1) is 24.8 Å². The summed E-state index contributed by atoms with van der Waals surface area (Å²) in [6, 6.07) is 3.63. The van der Waals surface area contributed by atoms with E-state index in [4.69, 9.17) is 23.2 Å². The molecule has 3 rings (SSSR count). The van der Waals surface area contributed by atoms with Gasteiger partial charge in [-0.25, -0.2) is 4.98 Å². The van der Waals surface area contributed by atoms with Crippen molar-refractivity contribution in [3.05, 3.63) is 40.7 Å². The summed E-state index contributed by atoms with van der Waals surface area (Å²) in [5.74, 6) is 0. The number of aliphatic hydroxyl groups excluding tert-OH is 1. The van der Waals surface area contributed by atoms with E-state index in [1.165, 1.54) is 0 Å². The minimum Gasteiger partial charge on any atom is -0.391 e. The van der Waals surface area contributed by atoms with Crippen molar-refractivity contribution in [3.63, 3.8) is 0 Å². The first-order chi connectivity index (χ1) is 10.1. The normalized spacial score (nSPS) is 21.2. The van der Waals surface area contributed by atoms with Crippen molar-refractivity contribution in [1.82, 2.24) is 14.9 Å². The van der Waals surface area contributed by atoms with E-state index in [9.17, 15) is 5.11 Å². The van der Waals surface area contributed by atoms with Crippen LogP contribution in [-0.4, -0.2) is 33.3 Å². The monoisotopic (exact) mass is 397 g/mol. The lowest BCUT2D eigenvalue weighted by molar-refractivity contribution is 0.115. The van der Waals surface area contributed by atoms with Crippen molar-refractivity contribution in [2.45, 2.75) is 31.5 Å². The Labute approximate surface area is 157 Å². The summed E-state index contributed by atoms with van der Waals surface area (Å²) >= 11 is 12.0. The molecule has 128 valence electrons. The lowest BCUT2D eigenvalue weighted by atomic mass is 10.0. The van der Waals surface area contributed by atoms with E-state index in [1.807, 2.05) is 22.8 Å². The number of rotatable bonds is 3. The van der Waals surface area contributed by atoms with Gasteiger partial charge in [0.05, 0.1) is 39.6 Å². The number of allylic oxidation sites excluding steroid dienone is 1. The molecule has 23 heavy (non-hydrogen) atoms. The molecule has 1 aliphatic rings. The highest BCUT2D eigenvalue weighted by Gasteiger charge is 2.19. The van der Waals surface area contributed by atoms with Gasteiger partial charge in [-0.2, -0.15) is 0 Å². The van der Waals surface area contributed by atoms with Crippen LogP contribution in [0.4, 0.5) is 0 Å². The molecule has 2 heterocycles. The van der Waals surface area contributed by atoms with Crippen LogP contribution in [-0.2, 0) is 6.54 Å². The lowest BCUT2D eigenvalue weighted by Gasteiger charge is -2.26. The SMILES string of the molecule is Cl.Cl.O[C@H]1CCCN[C@@H]1/C=C/Cn1cnc2cc(Cl)c(Cl)cc21. The molecule has 2 N–H and O–H groups in total. The Bertz CT molecular complexity index is 674. The molecule has 4 nitrogen and oxygen atoms in total. The van der Waals surface area contributed by atoms with Gasteiger partial charge in [0.1, 0.15) is 0 Å². The average molecular weight is 399 g/mol. The van der Waals surface area contributed by atoms with E-state index in [-0.39, 0.29) is 37.0 Å². The first-order valence-electron chi connectivity index (χ1n) is 7.03. The summed E-state index contributed by atoms with van der Waals surface area (Å²) < 4.78 is 2.00. The fraction of sp³-hybridized carbons (Fsp3) is 0.400. The summed E-state index contributed by atoms with van der Waals surface area (Å²) in [5, 5.41) is 14.2. The number of aromatic nitrogens is 2. The Morgan fingerprint density at radius 3 is 2.78 bits per heavy atom. The van der Waals surface area contributed by atoms with Crippen molar-refractivity contribution in [2.75, 3.05) is 6.54 Å². The van der Waals surface area contributed by atoms with E-state index >= 15 is 0 Å². The number of piperidine rings is 1. The van der Waals surface area contributed by atoms with E-state index in [2.05, 4.69) is 10.3 Å². The van der Waals surface area contributed by atoms with Crippen molar-refractivity contribution in [1.29, 1.82) is 0 Å². The molecule has 1 aromatic heterocycles. The number of aliphatic hydroxyl groups is 1. The summed E-state index contributed by atoms with van der Waals surface area (Å²) in [4.78, 5) is 4.32. The van der Waals surface area contributed by atoms with Crippen LogP contribution in [0.1, 0.15) is 12.8 Å². The van der Waals surface area contributed by atoms with E-state index < -0.39 is 0 Å². The number of halogens is 4. The molecule has 2 atom stereocenters. The van der Waals surface area contributed by atoms with Crippen LogP contribution in [0, 0.1) is 0 Å². The third kappa shape index (κ3) is 4.75. The number of hydrogen-bond donors (Lipinski definition) is 2. The van der Waals surface area contributed by atoms with Crippen molar-refractivity contribution in [3.8, 4) is 0 Å². The summed E-state index contributed by atoms with van der Waals surface area (Å²) in [5.41, 5.74) is 1.78. The van der Waals surface area contributed by atoms with Gasteiger partial charge in [-0.05, 0) is 31.5 Å². The average Bonchev–Trinajstić information content (AvgIpc) is 2.84. The number of fused-ring (bicyclic) bond motifs is 1. The Hall–Kier alpha value is -0.490. The van der Waals surface area contributed by atoms with Crippen LogP contribution in [0.2, 0.25) is 10.0 Å². The van der Waals surface area contributed by atoms with Crippen LogP contribution >= 0.6 is 48.0 Å². The van der Waals surface area contributed by atoms with Crippen LogP contribution < -0.4 is 5.32 Å². The number of nitrogens with zero attached hydrogens (tertiary/aromatic N) is 2.